The number of pyridine rings is 1. The van der Waals surface area contributed by atoms with Crippen LogP contribution in [0, 0.1) is 0 Å². The Labute approximate surface area is 114 Å². The van der Waals surface area contributed by atoms with Crippen molar-refractivity contribution in [2.24, 2.45) is 5.73 Å². The van der Waals surface area contributed by atoms with Crippen molar-refractivity contribution in [2.45, 2.75) is 27.2 Å². The molecular weight excluding hydrogens is 236 g/mol. The van der Waals surface area contributed by atoms with Crippen LogP contribution >= 0.6 is 0 Å². The molecule has 0 aliphatic rings. The van der Waals surface area contributed by atoms with Gasteiger partial charge >= 0.3 is 0 Å². The average Bonchev–Trinajstić information content (AvgIpc) is 2.49. The second-order valence-corrected chi connectivity index (χ2v) is 3.85. The summed E-state index contributed by atoms with van der Waals surface area (Å²) in [5.41, 5.74) is 8.80. The summed E-state index contributed by atoms with van der Waals surface area (Å²) in [5, 5.41) is 0. The number of carbonyl (C=O) groups is 1. The maximum atomic E-state index is 10.9. The van der Waals surface area contributed by atoms with Gasteiger partial charge in [-0.25, -0.2) is 0 Å². The lowest BCUT2D eigenvalue weighted by Crippen LogP contribution is -2.12. The van der Waals surface area contributed by atoms with Gasteiger partial charge in [0.15, 0.2) is 0 Å². The SMILES string of the molecule is CC.CCc1ccc(-c2ccc(C(N)=O)nc2)cc1. The van der Waals surface area contributed by atoms with Crippen LogP contribution in [-0.4, -0.2) is 10.9 Å². The molecule has 0 fully saturated rings. The number of hydrogen-bond donors (Lipinski definition) is 1. The minimum absolute atomic E-state index is 0.291. The third kappa shape index (κ3) is 3.91. The summed E-state index contributed by atoms with van der Waals surface area (Å²) >= 11 is 0. The predicted molar refractivity (Wildman–Crippen MR) is 78.9 cm³/mol. The number of amides is 1. The van der Waals surface area contributed by atoms with Crippen LogP contribution in [0.1, 0.15) is 36.8 Å². The van der Waals surface area contributed by atoms with Crippen molar-refractivity contribution < 1.29 is 4.79 Å². The maximum Gasteiger partial charge on any atom is 0.267 e. The number of benzene rings is 1. The van der Waals surface area contributed by atoms with Crippen molar-refractivity contribution in [3.05, 3.63) is 53.9 Å². The number of rotatable bonds is 3. The molecule has 0 atom stereocenters. The van der Waals surface area contributed by atoms with Crippen molar-refractivity contribution in [2.75, 3.05) is 0 Å². The van der Waals surface area contributed by atoms with Crippen LogP contribution in [0.3, 0.4) is 0 Å². The third-order valence-corrected chi connectivity index (χ3v) is 2.71. The fourth-order valence-corrected chi connectivity index (χ4v) is 1.64. The van der Waals surface area contributed by atoms with E-state index >= 15 is 0 Å². The largest absolute Gasteiger partial charge is 0.364 e. The van der Waals surface area contributed by atoms with Crippen LogP contribution in [0.15, 0.2) is 42.6 Å². The Hall–Kier alpha value is -2.16. The monoisotopic (exact) mass is 256 g/mol. The number of aryl methyl sites for hydroxylation is 1. The number of nitrogens with two attached hydrogens (primary N) is 1. The molecule has 2 aromatic rings. The zero-order chi connectivity index (χ0) is 14.3. The molecule has 1 amide bonds. The highest BCUT2D eigenvalue weighted by Crippen LogP contribution is 2.19. The molecule has 2 rings (SSSR count). The van der Waals surface area contributed by atoms with E-state index in [1.165, 1.54) is 5.56 Å². The molecule has 0 aliphatic heterocycles. The van der Waals surface area contributed by atoms with Crippen molar-refractivity contribution in [3.63, 3.8) is 0 Å². The first-order valence-corrected chi connectivity index (χ1v) is 6.56. The van der Waals surface area contributed by atoms with E-state index in [0.717, 1.165) is 17.5 Å². The van der Waals surface area contributed by atoms with Crippen LogP contribution < -0.4 is 5.73 Å². The molecule has 0 aliphatic carbocycles. The lowest BCUT2D eigenvalue weighted by Gasteiger charge is -2.03. The third-order valence-electron chi connectivity index (χ3n) is 2.71. The molecule has 0 spiro atoms. The Morgan fingerprint density at radius 3 is 2.05 bits per heavy atom. The number of nitrogens with zero attached hydrogens (tertiary/aromatic N) is 1. The van der Waals surface area contributed by atoms with Gasteiger partial charge in [-0.1, -0.05) is 51.1 Å². The quantitative estimate of drug-likeness (QED) is 0.914. The van der Waals surface area contributed by atoms with Crippen molar-refractivity contribution in [1.29, 1.82) is 0 Å². The number of carbonyl (C=O) groups excluding carboxylic acids is 1. The molecule has 1 aromatic heterocycles. The smallest absolute Gasteiger partial charge is 0.267 e. The van der Waals surface area contributed by atoms with E-state index < -0.39 is 5.91 Å². The summed E-state index contributed by atoms with van der Waals surface area (Å²) < 4.78 is 0. The number of hydrogen-bond acceptors (Lipinski definition) is 2. The van der Waals surface area contributed by atoms with Gasteiger partial charge in [-0.3, -0.25) is 9.78 Å². The second kappa shape index (κ2) is 7.31. The van der Waals surface area contributed by atoms with E-state index in [2.05, 4.69) is 36.2 Å². The van der Waals surface area contributed by atoms with Gasteiger partial charge in [0.2, 0.25) is 0 Å². The fourth-order valence-electron chi connectivity index (χ4n) is 1.64. The second-order valence-electron chi connectivity index (χ2n) is 3.85. The standard InChI is InChI=1S/C14H14N2O.C2H6/c1-2-10-3-5-11(6-4-10)12-7-8-13(14(15)17)16-9-12;1-2/h3-9H,2H2,1H3,(H2,15,17);1-2H3. The molecule has 19 heavy (non-hydrogen) atoms. The predicted octanol–water partition coefficient (Wildman–Crippen LogP) is 3.44. The Morgan fingerprint density at radius 1 is 1.05 bits per heavy atom. The van der Waals surface area contributed by atoms with E-state index in [-0.39, 0.29) is 0 Å². The minimum atomic E-state index is -0.502. The van der Waals surface area contributed by atoms with E-state index in [0.29, 0.717) is 5.69 Å². The summed E-state index contributed by atoms with van der Waals surface area (Å²) in [6, 6.07) is 11.8. The number of aromatic nitrogens is 1. The van der Waals surface area contributed by atoms with Gasteiger partial charge in [-0.15, -0.1) is 0 Å². The molecular formula is C16H20N2O. The highest BCUT2D eigenvalue weighted by Gasteiger charge is 2.02. The zero-order valence-electron chi connectivity index (χ0n) is 11.7. The first-order chi connectivity index (χ1) is 9.20. The van der Waals surface area contributed by atoms with E-state index in [4.69, 9.17) is 5.73 Å². The molecule has 0 saturated heterocycles. The molecule has 100 valence electrons. The van der Waals surface area contributed by atoms with Gasteiger partial charge in [0.1, 0.15) is 5.69 Å². The molecule has 1 aromatic carbocycles. The molecule has 0 bridgehead atoms. The van der Waals surface area contributed by atoms with Crippen molar-refractivity contribution >= 4 is 5.91 Å². The molecule has 0 unspecified atom stereocenters. The Balaban J connectivity index is 0.000000861. The Bertz CT molecular complexity index is 515. The Morgan fingerprint density at radius 2 is 1.63 bits per heavy atom. The lowest BCUT2D eigenvalue weighted by atomic mass is 10.0. The van der Waals surface area contributed by atoms with Crippen LogP contribution in [0.4, 0.5) is 0 Å². The highest BCUT2D eigenvalue weighted by molar-refractivity contribution is 5.91. The van der Waals surface area contributed by atoms with Gasteiger partial charge in [-0.05, 0) is 23.6 Å². The van der Waals surface area contributed by atoms with Gasteiger partial charge < -0.3 is 5.73 Å². The molecule has 0 saturated carbocycles. The summed E-state index contributed by atoms with van der Waals surface area (Å²) in [5.74, 6) is -0.502. The summed E-state index contributed by atoms with van der Waals surface area (Å²) in [4.78, 5) is 14.9. The zero-order valence-corrected chi connectivity index (χ0v) is 11.7. The molecule has 3 nitrogen and oxygen atoms in total. The average molecular weight is 256 g/mol. The summed E-state index contributed by atoms with van der Waals surface area (Å²) in [6.07, 6.45) is 2.69. The summed E-state index contributed by atoms with van der Waals surface area (Å²) in [6.45, 7) is 6.12. The minimum Gasteiger partial charge on any atom is -0.364 e. The van der Waals surface area contributed by atoms with Crippen LogP contribution in [-0.2, 0) is 6.42 Å². The van der Waals surface area contributed by atoms with Crippen LogP contribution in [0.5, 0.6) is 0 Å². The van der Waals surface area contributed by atoms with Gasteiger partial charge in [0, 0.05) is 11.8 Å². The topological polar surface area (TPSA) is 56.0 Å². The first-order valence-electron chi connectivity index (χ1n) is 6.56. The number of primary amides is 1. The van der Waals surface area contributed by atoms with E-state index in [1.807, 2.05) is 19.9 Å². The van der Waals surface area contributed by atoms with E-state index in [1.54, 1.807) is 12.3 Å². The Kier molecular flexibility index (Phi) is 5.73. The van der Waals surface area contributed by atoms with Gasteiger partial charge in [0.05, 0.1) is 0 Å². The van der Waals surface area contributed by atoms with Crippen molar-refractivity contribution in [1.82, 2.24) is 4.98 Å². The van der Waals surface area contributed by atoms with E-state index in [9.17, 15) is 4.79 Å². The van der Waals surface area contributed by atoms with Crippen LogP contribution in [0.2, 0.25) is 0 Å². The molecule has 1 heterocycles. The summed E-state index contributed by atoms with van der Waals surface area (Å²) in [7, 11) is 0. The van der Waals surface area contributed by atoms with Gasteiger partial charge in [-0.2, -0.15) is 0 Å². The maximum absolute atomic E-state index is 10.9. The fraction of sp³-hybridized carbons (Fsp3) is 0.250. The molecule has 3 heteroatoms. The van der Waals surface area contributed by atoms with Crippen LogP contribution in [0.25, 0.3) is 11.1 Å². The van der Waals surface area contributed by atoms with Gasteiger partial charge in [0.25, 0.3) is 5.91 Å². The normalized spacial score (nSPS) is 9.42. The highest BCUT2D eigenvalue weighted by atomic mass is 16.1. The molecule has 2 N–H and O–H groups in total. The lowest BCUT2D eigenvalue weighted by molar-refractivity contribution is 0.0995. The van der Waals surface area contributed by atoms with Crippen molar-refractivity contribution in [3.8, 4) is 11.1 Å². The first kappa shape index (κ1) is 14.9. The molecule has 0 radical (unpaired) electrons.